The van der Waals surface area contributed by atoms with Crippen molar-refractivity contribution in [3.05, 3.63) is 65.2 Å². The van der Waals surface area contributed by atoms with Gasteiger partial charge < -0.3 is 14.4 Å². The third kappa shape index (κ3) is 3.58. The SMILES string of the molecule is COC(=O)C1=C(C(=O)OC)N(c2cc(-n3cnnn3)ccc2Cl)C=CC=C1. The van der Waals surface area contributed by atoms with Crippen LogP contribution in [0.3, 0.4) is 0 Å². The van der Waals surface area contributed by atoms with E-state index in [0.29, 0.717) is 16.4 Å². The van der Waals surface area contributed by atoms with Crippen LogP contribution in [0.2, 0.25) is 5.02 Å². The number of methoxy groups -OCH3 is 2. The average Bonchev–Trinajstić information content (AvgIpc) is 3.13. The monoisotopic (exact) mass is 387 g/mol. The zero-order valence-corrected chi connectivity index (χ0v) is 15.1. The minimum absolute atomic E-state index is 0.0262. The van der Waals surface area contributed by atoms with Crippen molar-refractivity contribution in [3.63, 3.8) is 0 Å². The van der Waals surface area contributed by atoms with Crippen molar-refractivity contribution in [1.82, 2.24) is 20.2 Å². The van der Waals surface area contributed by atoms with Crippen molar-refractivity contribution >= 4 is 29.2 Å². The second-order valence-electron chi connectivity index (χ2n) is 5.21. The van der Waals surface area contributed by atoms with Gasteiger partial charge in [0.2, 0.25) is 0 Å². The van der Waals surface area contributed by atoms with Crippen molar-refractivity contribution in [1.29, 1.82) is 0 Å². The summed E-state index contributed by atoms with van der Waals surface area (Å²) in [5.74, 6) is -1.41. The Labute approximate surface area is 159 Å². The summed E-state index contributed by atoms with van der Waals surface area (Å²) >= 11 is 6.37. The molecule has 1 aromatic heterocycles. The van der Waals surface area contributed by atoms with E-state index in [9.17, 15) is 9.59 Å². The lowest BCUT2D eigenvalue weighted by Gasteiger charge is -2.24. The summed E-state index contributed by atoms with van der Waals surface area (Å²) in [6.45, 7) is 0. The van der Waals surface area contributed by atoms with Crippen LogP contribution in [0.1, 0.15) is 0 Å². The van der Waals surface area contributed by atoms with Gasteiger partial charge in [0, 0.05) is 6.20 Å². The van der Waals surface area contributed by atoms with Gasteiger partial charge in [-0.05, 0) is 40.8 Å². The number of hydrogen-bond donors (Lipinski definition) is 0. The van der Waals surface area contributed by atoms with Crippen LogP contribution in [-0.4, -0.2) is 46.4 Å². The summed E-state index contributed by atoms with van der Waals surface area (Å²) in [6, 6.07) is 5.02. The van der Waals surface area contributed by atoms with Gasteiger partial charge in [0.05, 0.1) is 36.2 Å². The standard InChI is InChI=1S/C17H14ClN5O4/c1-26-16(24)12-5-3-4-8-22(15(12)17(25)27-2)14-9-11(6-7-13(14)18)23-10-19-20-21-23/h3-10H,1-2H3. The van der Waals surface area contributed by atoms with Gasteiger partial charge in [0.1, 0.15) is 12.0 Å². The molecule has 0 N–H and O–H groups in total. The second-order valence-corrected chi connectivity index (χ2v) is 5.61. The fourth-order valence-electron chi connectivity index (χ4n) is 2.46. The maximum Gasteiger partial charge on any atom is 0.355 e. The van der Waals surface area contributed by atoms with Crippen molar-refractivity contribution in [2.24, 2.45) is 0 Å². The normalized spacial score (nSPS) is 13.5. The van der Waals surface area contributed by atoms with Gasteiger partial charge in [-0.3, -0.25) is 0 Å². The molecule has 0 saturated carbocycles. The number of hydrogen-bond acceptors (Lipinski definition) is 8. The summed E-state index contributed by atoms with van der Waals surface area (Å²) in [6.07, 6.45) is 7.73. The summed E-state index contributed by atoms with van der Waals surface area (Å²) in [5.41, 5.74) is 1.02. The van der Waals surface area contributed by atoms with Crippen LogP contribution in [0, 0.1) is 0 Å². The van der Waals surface area contributed by atoms with E-state index >= 15 is 0 Å². The highest BCUT2D eigenvalue weighted by Gasteiger charge is 2.28. The topological polar surface area (TPSA) is 99.4 Å². The third-order valence-corrected chi connectivity index (χ3v) is 4.01. The fraction of sp³-hybridized carbons (Fsp3) is 0.118. The molecule has 0 aliphatic carbocycles. The van der Waals surface area contributed by atoms with Crippen molar-refractivity contribution < 1.29 is 19.1 Å². The molecule has 0 spiro atoms. The smallest absolute Gasteiger partial charge is 0.355 e. The van der Waals surface area contributed by atoms with E-state index < -0.39 is 11.9 Å². The van der Waals surface area contributed by atoms with Gasteiger partial charge in [-0.25, -0.2) is 14.3 Å². The lowest BCUT2D eigenvalue weighted by atomic mass is 10.1. The number of carbonyl (C=O) groups excluding carboxylic acids is 2. The summed E-state index contributed by atoms with van der Waals surface area (Å²) in [4.78, 5) is 26.1. The lowest BCUT2D eigenvalue weighted by Crippen LogP contribution is -2.27. The minimum Gasteiger partial charge on any atom is -0.465 e. The van der Waals surface area contributed by atoms with Crippen LogP contribution in [0.5, 0.6) is 0 Å². The Morgan fingerprint density at radius 1 is 1.11 bits per heavy atom. The van der Waals surface area contributed by atoms with E-state index in [2.05, 4.69) is 15.5 Å². The maximum absolute atomic E-state index is 12.5. The Bertz CT molecular complexity index is 966. The molecule has 0 atom stereocenters. The van der Waals surface area contributed by atoms with Gasteiger partial charge in [-0.2, -0.15) is 0 Å². The number of halogens is 1. The van der Waals surface area contributed by atoms with E-state index in [-0.39, 0.29) is 11.3 Å². The van der Waals surface area contributed by atoms with Crippen LogP contribution in [0.15, 0.2) is 60.2 Å². The van der Waals surface area contributed by atoms with Gasteiger partial charge >= 0.3 is 11.9 Å². The first-order valence-corrected chi connectivity index (χ1v) is 8.02. The molecule has 0 fully saturated rings. The number of anilines is 1. The van der Waals surface area contributed by atoms with Crippen LogP contribution in [-0.2, 0) is 19.1 Å². The highest BCUT2D eigenvalue weighted by molar-refractivity contribution is 6.33. The number of nitrogens with zero attached hydrogens (tertiary/aromatic N) is 5. The lowest BCUT2D eigenvalue weighted by molar-refractivity contribution is -0.139. The third-order valence-electron chi connectivity index (χ3n) is 3.69. The number of esters is 2. The number of tetrazole rings is 1. The number of rotatable bonds is 4. The predicted octanol–water partition coefficient (Wildman–Crippen LogP) is 1.81. The first kappa shape index (κ1) is 18.3. The van der Waals surface area contributed by atoms with Crippen LogP contribution in [0.25, 0.3) is 5.69 Å². The number of carbonyl (C=O) groups is 2. The van der Waals surface area contributed by atoms with Crippen LogP contribution < -0.4 is 4.90 Å². The summed E-state index contributed by atoms with van der Waals surface area (Å²) < 4.78 is 11.1. The zero-order valence-electron chi connectivity index (χ0n) is 14.4. The molecule has 2 aromatic rings. The number of aromatic nitrogens is 4. The van der Waals surface area contributed by atoms with Crippen molar-refractivity contribution in [2.75, 3.05) is 19.1 Å². The molecule has 10 heteroatoms. The molecule has 0 radical (unpaired) electrons. The Morgan fingerprint density at radius 2 is 1.89 bits per heavy atom. The van der Waals surface area contributed by atoms with E-state index in [1.807, 2.05) is 0 Å². The molecule has 0 saturated heterocycles. The van der Waals surface area contributed by atoms with Gasteiger partial charge in [0.15, 0.2) is 0 Å². The molecule has 2 heterocycles. The highest BCUT2D eigenvalue weighted by atomic mass is 35.5. The molecular weight excluding hydrogens is 374 g/mol. The average molecular weight is 388 g/mol. The molecule has 9 nitrogen and oxygen atoms in total. The summed E-state index contributed by atoms with van der Waals surface area (Å²) in [5, 5.41) is 11.4. The maximum atomic E-state index is 12.5. The molecule has 1 aromatic carbocycles. The molecule has 3 rings (SSSR count). The van der Waals surface area contributed by atoms with E-state index in [0.717, 1.165) is 0 Å². The first-order valence-electron chi connectivity index (χ1n) is 7.64. The molecule has 0 bridgehead atoms. The van der Waals surface area contributed by atoms with Crippen molar-refractivity contribution in [2.45, 2.75) is 0 Å². The fourth-order valence-corrected chi connectivity index (χ4v) is 2.67. The van der Waals surface area contributed by atoms with Gasteiger partial charge in [-0.15, -0.1) is 5.10 Å². The molecule has 1 aliphatic heterocycles. The molecule has 1 aliphatic rings. The molecule has 27 heavy (non-hydrogen) atoms. The number of ether oxygens (including phenoxy) is 2. The molecule has 0 amide bonds. The second kappa shape index (κ2) is 7.83. The zero-order chi connectivity index (χ0) is 19.4. The van der Waals surface area contributed by atoms with Crippen LogP contribution in [0.4, 0.5) is 5.69 Å². The molecule has 0 unspecified atom stereocenters. The molecule has 138 valence electrons. The van der Waals surface area contributed by atoms with Gasteiger partial charge in [0.25, 0.3) is 0 Å². The Morgan fingerprint density at radius 3 is 2.56 bits per heavy atom. The van der Waals surface area contributed by atoms with Gasteiger partial charge in [-0.1, -0.05) is 17.7 Å². The molecular formula is C17H14ClN5O4. The largest absolute Gasteiger partial charge is 0.465 e. The van der Waals surface area contributed by atoms with Crippen molar-refractivity contribution in [3.8, 4) is 5.69 Å². The quantitative estimate of drug-likeness (QED) is 0.732. The number of benzene rings is 1. The van der Waals surface area contributed by atoms with Crippen LogP contribution >= 0.6 is 11.6 Å². The Balaban J connectivity index is 2.20. The minimum atomic E-state index is -0.726. The van der Waals surface area contributed by atoms with E-state index in [1.54, 1.807) is 36.6 Å². The first-order chi connectivity index (χ1) is 13.1. The Hall–Kier alpha value is -3.46. The Kier molecular flexibility index (Phi) is 5.32. The van der Waals surface area contributed by atoms with E-state index in [1.165, 1.54) is 36.2 Å². The number of allylic oxidation sites excluding steroid dienone is 2. The van der Waals surface area contributed by atoms with E-state index in [4.69, 9.17) is 21.1 Å². The summed E-state index contributed by atoms with van der Waals surface area (Å²) in [7, 11) is 2.45. The predicted molar refractivity (Wildman–Crippen MR) is 96.0 cm³/mol. The highest BCUT2D eigenvalue weighted by Crippen LogP contribution is 2.33.